The number of benzene rings is 1. The van der Waals surface area contributed by atoms with Crippen molar-refractivity contribution in [3.63, 3.8) is 0 Å². The SMILES string of the molecule is CC1c2cc(F)ccc2N2c3cccnc3N(C)C2C1(C)P. The van der Waals surface area contributed by atoms with Crippen LogP contribution in [0, 0.1) is 5.82 Å². The number of pyridine rings is 1. The van der Waals surface area contributed by atoms with Gasteiger partial charge in [0, 0.05) is 24.1 Å². The third-order valence-corrected chi connectivity index (χ3v) is 5.97. The quantitative estimate of drug-likeness (QED) is 0.688. The highest BCUT2D eigenvalue weighted by atomic mass is 31.0. The van der Waals surface area contributed by atoms with Crippen LogP contribution in [-0.2, 0) is 0 Å². The van der Waals surface area contributed by atoms with Gasteiger partial charge in [0.15, 0.2) is 5.82 Å². The minimum atomic E-state index is -0.177. The van der Waals surface area contributed by atoms with Crippen LogP contribution in [0.15, 0.2) is 36.5 Å². The summed E-state index contributed by atoms with van der Waals surface area (Å²) in [6, 6.07) is 9.15. The number of halogens is 1. The molecule has 114 valence electrons. The van der Waals surface area contributed by atoms with Crippen molar-refractivity contribution in [2.75, 3.05) is 16.8 Å². The molecule has 4 atom stereocenters. The summed E-state index contributed by atoms with van der Waals surface area (Å²) in [6.07, 6.45) is 1.97. The lowest BCUT2D eigenvalue weighted by Crippen LogP contribution is -2.57. The molecule has 0 fully saturated rings. The van der Waals surface area contributed by atoms with E-state index in [0.29, 0.717) is 0 Å². The number of anilines is 3. The Morgan fingerprint density at radius 3 is 2.82 bits per heavy atom. The topological polar surface area (TPSA) is 19.4 Å². The zero-order valence-corrected chi connectivity index (χ0v) is 14.1. The van der Waals surface area contributed by atoms with Crippen LogP contribution < -0.4 is 9.80 Å². The van der Waals surface area contributed by atoms with E-state index in [-0.39, 0.29) is 23.1 Å². The molecule has 0 saturated heterocycles. The maximum absolute atomic E-state index is 13.8. The second kappa shape index (κ2) is 4.42. The number of hydrogen-bond acceptors (Lipinski definition) is 3. The van der Waals surface area contributed by atoms with Crippen LogP contribution in [0.25, 0.3) is 0 Å². The van der Waals surface area contributed by atoms with Gasteiger partial charge in [-0.1, -0.05) is 13.8 Å². The van der Waals surface area contributed by atoms with Crippen molar-refractivity contribution in [3.05, 3.63) is 47.9 Å². The maximum Gasteiger partial charge on any atom is 0.154 e. The zero-order valence-electron chi connectivity index (χ0n) is 12.9. The second-order valence-electron chi connectivity index (χ2n) is 6.49. The molecule has 0 bridgehead atoms. The minimum absolute atomic E-state index is 0.115. The molecule has 2 aromatic rings. The van der Waals surface area contributed by atoms with Gasteiger partial charge >= 0.3 is 0 Å². The molecule has 1 aromatic heterocycles. The van der Waals surface area contributed by atoms with Crippen molar-refractivity contribution in [2.24, 2.45) is 0 Å². The lowest BCUT2D eigenvalue weighted by molar-refractivity contribution is 0.419. The number of fused-ring (bicyclic) bond motifs is 5. The predicted molar refractivity (Wildman–Crippen MR) is 91.5 cm³/mol. The lowest BCUT2D eigenvalue weighted by Gasteiger charge is -2.50. The Kier molecular flexibility index (Phi) is 2.80. The van der Waals surface area contributed by atoms with Gasteiger partial charge in [0.05, 0.1) is 5.69 Å². The third-order valence-electron chi connectivity index (χ3n) is 5.18. The standard InChI is InChI=1S/C17H19FN3P/c1-10-12-9-11(18)6-7-13(12)21-14-5-4-8-19-15(14)20(3)16(21)17(10,2)22/h4-10,16H,22H2,1-3H3. The first-order valence-electron chi connectivity index (χ1n) is 7.48. The molecule has 0 amide bonds. The van der Waals surface area contributed by atoms with E-state index >= 15 is 0 Å². The molecular weight excluding hydrogens is 296 g/mol. The van der Waals surface area contributed by atoms with Gasteiger partial charge in [-0.15, -0.1) is 9.24 Å². The molecule has 0 spiro atoms. The third kappa shape index (κ3) is 1.62. The molecule has 3 heterocycles. The van der Waals surface area contributed by atoms with E-state index < -0.39 is 0 Å². The van der Waals surface area contributed by atoms with Crippen LogP contribution in [-0.4, -0.2) is 23.4 Å². The molecule has 4 unspecified atom stereocenters. The summed E-state index contributed by atoms with van der Waals surface area (Å²) in [5.74, 6) is 1.02. The molecule has 5 heteroatoms. The van der Waals surface area contributed by atoms with Gasteiger partial charge in [0.2, 0.25) is 0 Å². The summed E-state index contributed by atoms with van der Waals surface area (Å²) in [5.41, 5.74) is 3.22. The average molecular weight is 315 g/mol. The number of nitrogens with zero attached hydrogens (tertiary/aromatic N) is 3. The van der Waals surface area contributed by atoms with Gasteiger partial charge in [-0.25, -0.2) is 9.37 Å². The summed E-state index contributed by atoms with van der Waals surface area (Å²) < 4.78 is 13.8. The lowest BCUT2D eigenvalue weighted by atomic mass is 9.80. The molecule has 0 N–H and O–H groups in total. The maximum atomic E-state index is 13.8. The summed E-state index contributed by atoms with van der Waals surface area (Å²) >= 11 is 0. The number of aromatic nitrogens is 1. The van der Waals surface area contributed by atoms with E-state index in [4.69, 9.17) is 0 Å². The summed E-state index contributed by atoms with van der Waals surface area (Å²) in [5, 5.41) is -0.115. The first kappa shape index (κ1) is 14.0. The van der Waals surface area contributed by atoms with Crippen LogP contribution in [0.4, 0.5) is 21.6 Å². The van der Waals surface area contributed by atoms with Crippen molar-refractivity contribution >= 4 is 26.4 Å². The van der Waals surface area contributed by atoms with E-state index in [9.17, 15) is 4.39 Å². The first-order valence-corrected chi connectivity index (χ1v) is 8.06. The van der Waals surface area contributed by atoms with Gasteiger partial charge in [0.25, 0.3) is 0 Å². The van der Waals surface area contributed by atoms with E-state index in [0.717, 1.165) is 22.8 Å². The fourth-order valence-electron chi connectivity index (χ4n) is 3.88. The molecule has 2 aliphatic heterocycles. The monoisotopic (exact) mass is 315 g/mol. The minimum Gasteiger partial charge on any atom is -0.336 e. The summed E-state index contributed by atoms with van der Waals surface area (Å²) in [7, 11) is 5.08. The van der Waals surface area contributed by atoms with Crippen LogP contribution in [0.5, 0.6) is 0 Å². The van der Waals surface area contributed by atoms with Gasteiger partial charge in [-0.05, 0) is 41.8 Å². The molecule has 1 aromatic carbocycles. The molecule has 22 heavy (non-hydrogen) atoms. The van der Waals surface area contributed by atoms with Crippen LogP contribution in [0.2, 0.25) is 0 Å². The van der Waals surface area contributed by atoms with E-state index in [1.54, 1.807) is 12.1 Å². The van der Waals surface area contributed by atoms with E-state index in [2.05, 4.69) is 51.0 Å². The average Bonchev–Trinajstić information content (AvgIpc) is 2.80. The smallest absolute Gasteiger partial charge is 0.154 e. The summed E-state index contributed by atoms with van der Waals surface area (Å²) in [6.45, 7) is 4.39. The molecule has 4 rings (SSSR count). The molecule has 0 aliphatic carbocycles. The van der Waals surface area contributed by atoms with Crippen molar-refractivity contribution in [1.29, 1.82) is 0 Å². The Morgan fingerprint density at radius 1 is 1.27 bits per heavy atom. The Bertz CT molecular complexity index is 761. The van der Waals surface area contributed by atoms with Gasteiger partial charge in [-0.2, -0.15) is 0 Å². The fourth-order valence-corrected chi connectivity index (χ4v) is 4.43. The largest absolute Gasteiger partial charge is 0.336 e. The van der Waals surface area contributed by atoms with Crippen LogP contribution >= 0.6 is 9.24 Å². The van der Waals surface area contributed by atoms with Crippen LogP contribution in [0.3, 0.4) is 0 Å². The Labute approximate surface area is 132 Å². The van der Waals surface area contributed by atoms with E-state index in [1.165, 1.54) is 0 Å². The Hall–Kier alpha value is -1.67. The molecule has 0 saturated carbocycles. The number of rotatable bonds is 0. The molecule has 2 aliphatic rings. The fraction of sp³-hybridized carbons (Fsp3) is 0.353. The summed E-state index contributed by atoms with van der Waals surface area (Å²) in [4.78, 5) is 9.07. The van der Waals surface area contributed by atoms with Crippen molar-refractivity contribution in [1.82, 2.24) is 4.98 Å². The highest BCUT2D eigenvalue weighted by Crippen LogP contribution is 2.56. The van der Waals surface area contributed by atoms with Gasteiger partial charge in [-0.3, -0.25) is 0 Å². The number of hydrogen-bond donors (Lipinski definition) is 0. The highest BCUT2D eigenvalue weighted by molar-refractivity contribution is 7.19. The second-order valence-corrected chi connectivity index (χ2v) is 7.74. The van der Waals surface area contributed by atoms with Crippen LogP contribution in [0.1, 0.15) is 25.3 Å². The first-order chi connectivity index (χ1) is 10.4. The Morgan fingerprint density at radius 2 is 2.05 bits per heavy atom. The molecular formula is C17H19FN3P. The highest BCUT2D eigenvalue weighted by Gasteiger charge is 2.52. The normalized spacial score (nSPS) is 29.1. The van der Waals surface area contributed by atoms with Crippen molar-refractivity contribution in [2.45, 2.75) is 31.1 Å². The van der Waals surface area contributed by atoms with Crippen molar-refractivity contribution in [3.8, 4) is 0 Å². The predicted octanol–water partition coefficient (Wildman–Crippen LogP) is 3.89. The Balaban J connectivity index is 2.02. The van der Waals surface area contributed by atoms with Gasteiger partial charge < -0.3 is 9.80 Å². The van der Waals surface area contributed by atoms with Crippen molar-refractivity contribution < 1.29 is 4.39 Å². The zero-order chi connectivity index (χ0) is 15.6. The molecule has 0 radical (unpaired) electrons. The molecule has 3 nitrogen and oxygen atoms in total. The van der Waals surface area contributed by atoms with Gasteiger partial charge in [0.1, 0.15) is 12.0 Å². The van der Waals surface area contributed by atoms with E-state index in [1.807, 2.05) is 18.3 Å².